The highest BCUT2D eigenvalue weighted by Crippen LogP contribution is 2.32. The third kappa shape index (κ3) is 3.97. The molecule has 0 aliphatic rings. The summed E-state index contributed by atoms with van der Waals surface area (Å²) in [5, 5.41) is 3.60. The highest BCUT2D eigenvalue weighted by atomic mass is 79.9. The summed E-state index contributed by atoms with van der Waals surface area (Å²) >= 11 is 3.52. The minimum absolute atomic E-state index is 0.857. The number of benzene rings is 4. The first-order valence-corrected chi connectivity index (χ1v) is 10.9. The molecule has 0 atom stereocenters. The first-order chi connectivity index (χ1) is 15.2. The van der Waals surface area contributed by atoms with E-state index in [9.17, 15) is 0 Å². The fourth-order valence-corrected chi connectivity index (χ4v) is 4.10. The standard InChI is InChI=1S/C28H20BrNO/c1-31-24-15-7-19(8-16-24)6-9-22-18-27(21-10-13-23(29)14-11-21)30-26-17-12-20-4-2-3-5-25(20)28(22)26/h2-18H,1H3. The van der Waals surface area contributed by atoms with E-state index in [1.54, 1.807) is 7.11 Å². The Morgan fingerprint density at radius 2 is 1.58 bits per heavy atom. The molecule has 0 bridgehead atoms. The number of ether oxygens (including phenoxy) is 1. The molecule has 5 aromatic rings. The molecule has 0 aliphatic carbocycles. The Hall–Kier alpha value is -3.43. The van der Waals surface area contributed by atoms with Crippen LogP contribution in [-0.2, 0) is 0 Å². The van der Waals surface area contributed by atoms with Crippen LogP contribution >= 0.6 is 15.9 Å². The number of pyridine rings is 1. The predicted molar refractivity (Wildman–Crippen MR) is 134 cm³/mol. The van der Waals surface area contributed by atoms with Crippen molar-refractivity contribution in [3.05, 3.63) is 107 Å². The lowest BCUT2D eigenvalue weighted by Gasteiger charge is -2.11. The van der Waals surface area contributed by atoms with Crippen molar-refractivity contribution in [2.45, 2.75) is 0 Å². The molecule has 0 spiro atoms. The molecule has 4 aromatic carbocycles. The summed E-state index contributed by atoms with van der Waals surface area (Å²) in [6.07, 6.45) is 4.32. The van der Waals surface area contributed by atoms with Gasteiger partial charge in [-0.2, -0.15) is 0 Å². The lowest BCUT2D eigenvalue weighted by atomic mass is 9.98. The monoisotopic (exact) mass is 465 g/mol. The summed E-state index contributed by atoms with van der Waals surface area (Å²) in [5.74, 6) is 0.857. The predicted octanol–water partition coefficient (Wildman–Crippen LogP) is 8.00. The Morgan fingerprint density at radius 3 is 2.35 bits per heavy atom. The number of hydrogen-bond acceptors (Lipinski definition) is 2. The Balaban J connectivity index is 1.71. The van der Waals surface area contributed by atoms with Gasteiger partial charge in [0.1, 0.15) is 5.75 Å². The first-order valence-electron chi connectivity index (χ1n) is 10.1. The molecule has 1 heterocycles. The largest absolute Gasteiger partial charge is 0.497 e. The van der Waals surface area contributed by atoms with Gasteiger partial charge in [0.05, 0.1) is 18.3 Å². The van der Waals surface area contributed by atoms with E-state index < -0.39 is 0 Å². The normalized spacial score (nSPS) is 11.4. The van der Waals surface area contributed by atoms with Crippen molar-refractivity contribution in [3.8, 4) is 17.0 Å². The van der Waals surface area contributed by atoms with Crippen LogP contribution in [0.4, 0.5) is 0 Å². The third-order valence-electron chi connectivity index (χ3n) is 5.44. The molecule has 5 rings (SSSR count). The van der Waals surface area contributed by atoms with Crippen molar-refractivity contribution >= 4 is 49.8 Å². The lowest BCUT2D eigenvalue weighted by molar-refractivity contribution is 0.415. The van der Waals surface area contributed by atoms with Crippen molar-refractivity contribution in [2.24, 2.45) is 0 Å². The summed E-state index contributed by atoms with van der Waals surface area (Å²) in [5.41, 5.74) is 5.32. The Bertz CT molecular complexity index is 1400. The highest BCUT2D eigenvalue weighted by molar-refractivity contribution is 9.10. The summed E-state index contributed by atoms with van der Waals surface area (Å²) in [6, 6.07) is 31.3. The minimum Gasteiger partial charge on any atom is -0.497 e. The zero-order chi connectivity index (χ0) is 21.2. The van der Waals surface area contributed by atoms with E-state index >= 15 is 0 Å². The number of fused-ring (bicyclic) bond motifs is 3. The Kier molecular flexibility index (Phi) is 5.27. The van der Waals surface area contributed by atoms with E-state index in [0.717, 1.165) is 38.1 Å². The van der Waals surface area contributed by atoms with E-state index in [4.69, 9.17) is 9.72 Å². The highest BCUT2D eigenvalue weighted by Gasteiger charge is 2.09. The second-order valence-corrected chi connectivity index (χ2v) is 8.31. The molecular formula is C28H20BrNO. The van der Waals surface area contributed by atoms with Crippen LogP contribution in [0.25, 0.3) is 45.1 Å². The van der Waals surface area contributed by atoms with Gasteiger partial charge in [0, 0.05) is 15.4 Å². The van der Waals surface area contributed by atoms with Crippen LogP contribution in [0.1, 0.15) is 11.1 Å². The maximum Gasteiger partial charge on any atom is 0.118 e. The van der Waals surface area contributed by atoms with E-state index in [0.29, 0.717) is 0 Å². The van der Waals surface area contributed by atoms with Crippen LogP contribution in [0.2, 0.25) is 0 Å². The van der Waals surface area contributed by atoms with Gasteiger partial charge in [0.25, 0.3) is 0 Å². The van der Waals surface area contributed by atoms with Crippen LogP contribution in [0, 0.1) is 0 Å². The quantitative estimate of drug-likeness (QED) is 0.251. The first kappa shape index (κ1) is 19.5. The van der Waals surface area contributed by atoms with E-state index in [1.165, 1.54) is 16.2 Å². The van der Waals surface area contributed by atoms with Gasteiger partial charge in [0.2, 0.25) is 0 Å². The van der Waals surface area contributed by atoms with E-state index in [-0.39, 0.29) is 0 Å². The van der Waals surface area contributed by atoms with E-state index in [2.05, 4.69) is 107 Å². The van der Waals surface area contributed by atoms with Gasteiger partial charge < -0.3 is 4.74 Å². The summed E-state index contributed by atoms with van der Waals surface area (Å²) in [7, 11) is 1.68. The van der Waals surface area contributed by atoms with Gasteiger partial charge in [-0.1, -0.05) is 82.7 Å². The van der Waals surface area contributed by atoms with Gasteiger partial charge in [-0.05, 0) is 58.3 Å². The number of nitrogens with zero attached hydrogens (tertiary/aromatic N) is 1. The SMILES string of the molecule is COc1ccc(C=Cc2cc(-c3ccc(Br)cc3)nc3ccc4ccccc4c23)cc1. The molecule has 0 N–H and O–H groups in total. The summed E-state index contributed by atoms with van der Waals surface area (Å²) < 4.78 is 6.33. The molecule has 2 nitrogen and oxygen atoms in total. The molecule has 3 heteroatoms. The molecule has 0 fully saturated rings. The van der Waals surface area contributed by atoms with Crippen molar-refractivity contribution in [1.29, 1.82) is 0 Å². The van der Waals surface area contributed by atoms with Crippen molar-refractivity contribution < 1.29 is 4.74 Å². The fourth-order valence-electron chi connectivity index (χ4n) is 3.84. The zero-order valence-electron chi connectivity index (χ0n) is 17.0. The average Bonchev–Trinajstić information content (AvgIpc) is 2.83. The maximum absolute atomic E-state index is 5.28. The van der Waals surface area contributed by atoms with Gasteiger partial charge in [-0.15, -0.1) is 0 Å². The zero-order valence-corrected chi connectivity index (χ0v) is 18.6. The number of rotatable bonds is 4. The average molecular weight is 466 g/mol. The van der Waals surface area contributed by atoms with E-state index in [1.807, 2.05) is 12.1 Å². The molecule has 0 aliphatic heterocycles. The molecule has 0 saturated heterocycles. The molecule has 0 unspecified atom stereocenters. The van der Waals surface area contributed by atoms with Crippen LogP contribution in [0.5, 0.6) is 5.75 Å². The minimum atomic E-state index is 0.857. The third-order valence-corrected chi connectivity index (χ3v) is 5.97. The molecule has 0 amide bonds. The molecule has 0 saturated carbocycles. The lowest BCUT2D eigenvalue weighted by Crippen LogP contribution is -1.90. The second-order valence-electron chi connectivity index (χ2n) is 7.39. The van der Waals surface area contributed by atoms with Gasteiger partial charge >= 0.3 is 0 Å². The number of aromatic nitrogens is 1. The molecule has 1 aromatic heterocycles. The van der Waals surface area contributed by atoms with Crippen molar-refractivity contribution in [1.82, 2.24) is 4.98 Å². The fraction of sp³-hybridized carbons (Fsp3) is 0.0357. The van der Waals surface area contributed by atoms with Crippen LogP contribution in [-0.4, -0.2) is 12.1 Å². The van der Waals surface area contributed by atoms with Gasteiger partial charge in [-0.3, -0.25) is 0 Å². The maximum atomic E-state index is 5.28. The van der Waals surface area contributed by atoms with Crippen LogP contribution in [0.3, 0.4) is 0 Å². The second kappa shape index (κ2) is 8.37. The van der Waals surface area contributed by atoms with Crippen LogP contribution < -0.4 is 4.74 Å². The Labute approximate surface area is 190 Å². The number of halogens is 1. The van der Waals surface area contributed by atoms with Crippen LogP contribution in [0.15, 0.2) is 95.5 Å². The van der Waals surface area contributed by atoms with Crippen molar-refractivity contribution in [2.75, 3.05) is 7.11 Å². The summed E-state index contributed by atoms with van der Waals surface area (Å²) in [6.45, 7) is 0. The van der Waals surface area contributed by atoms with Gasteiger partial charge in [0.15, 0.2) is 0 Å². The summed E-state index contributed by atoms with van der Waals surface area (Å²) in [4.78, 5) is 5.00. The Morgan fingerprint density at radius 1 is 0.806 bits per heavy atom. The van der Waals surface area contributed by atoms with Crippen molar-refractivity contribution in [3.63, 3.8) is 0 Å². The number of methoxy groups -OCH3 is 1. The molecule has 150 valence electrons. The number of hydrogen-bond donors (Lipinski definition) is 0. The topological polar surface area (TPSA) is 22.1 Å². The molecule has 31 heavy (non-hydrogen) atoms. The van der Waals surface area contributed by atoms with Gasteiger partial charge in [-0.25, -0.2) is 4.98 Å². The molecule has 0 radical (unpaired) electrons. The molecular weight excluding hydrogens is 446 g/mol. The smallest absolute Gasteiger partial charge is 0.118 e.